The summed E-state index contributed by atoms with van der Waals surface area (Å²) in [5, 5.41) is 3.27. The lowest BCUT2D eigenvalue weighted by Gasteiger charge is -2.19. The molecule has 1 heterocycles. The average molecular weight is 294 g/mol. The third-order valence-electron chi connectivity index (χ3n) is 3.25. The molecule has 0 spiro atoms. The lowest BCUT2D eigenvalue weighted by molar-refractivity contribution is -0.137. The normalized spacial score (nSPS) is 13.2. The van der Waals surface area contributed by atoms with Gasteiger partial charge in [0.2, 0.25) is 0 Å². The number of hydrogen-bond donors (Lipinski definition) is 1. The molecule has 5 heteroatoms. The summed E-state index contributed by atoms with van der Waals surface area (Å²) in [6.07, 6.45) is -2.56. The number of benzene rings is 1. The maximum Gasteiger partial charge on any atom is 0.416 e. The molecule has 1 unspecified atom stereocenters. The number of pyridine rings is 1. The van der Waals surface area contributed by atoms with Crippen LogP contribution in [0.4, 0.5) is 13.2 Å². The molecular formula is C16H17F3N2. The Morgan fingerprint density at radius 1 is 1.05 bits per heavy atom. The molecule has 1 atom stereocenters. The van der Waals surface area contributed by atoms with Crippen LogP contribution < -0.4 is 5.32 Å². The van der Waals surface area contributed by atoms with Crippen LogP contribution in [0.3, 0.4) is 0 Å². The van der Waals surface area contributed by atoms with Gasteiger partial charge in [0.15, 0.2) is 0 Å². The standard InChI is InChI=1S/C16H17F3N2/c1-3-20-15(13-5-4-11(2)21-10-13)12-6-8-14(9-7-12)16(17,18)19/h4-10,15,20H,3H2,1-2H3. The smallest absolute Gasteiger partial charge is 0.306 e. The maximum absolute atomic E-state index is 12.6. The Morgan fingerprint density at radius 3 is 2.14 bits per heavy atom. The highest BCUT2D eigenvalue weighted by Gasteiger charge is 2.30. The molecule has 0 aliphatic rings. The Labute approximate surface area is 122 Å². The lowest BCUT2D eigenvalue weighted by Crippen LogP contribution is -2.22. The van der Waals surface area contributed by atoms with Gasteiger partial charge < -0.3 is 5.32 Å². The van der Waals surface area contributed by atoms with Crippen molar-refractivity contribution in [2.45, 2.75) is 26.1 Å². The van der Waals surface area contributed by atoms with Crippen LogP contribution in [0.25, 0.3) is 0 Å². The van der Waals surface area contributed by atoms with Crippen molar-refractivity contribution in [3.05, 3.63) is 65.0 Å². The minimum Gasteiger partial charge on any atom is -0.306 e. The molecule has 0 radical (unpaired) electrons. The van der Waals surface area contributed by atoms with E-state index in [1.807, 2.05) is 26.0 Å². The van der Waals surface area contributed by atoms with Gasteiger partial charge in [-0.2, -0.15) is 13.2 Å². The number of nitrogens with zero attached hydrogens (tertiary/aromatic N) is 1. The predicted molar refractivity (Wildman–Crippen MR) is 75.9 cm³/mol. The molecule has 2 nitrogen and oxygen atoms in total. The van der Waals surface area contributed by atoms with Gasteiger partial charge >= 0.3 is 6.18 Å². The van der Waals surface area contributed by atoms with Gasteiger partial charge in [-0.3, -0.25) is 4.98 Å². The molecule has 112 valence electrons. The zero-order valence-electron chi connectivity index (χ0n) is 11.9. The molecule has 2 aromatic rings. The van der Waals surface area contributed by atoms with Gasteiger partial charge in [-0.1, -0.05) is 25.1 Å². The summed E-state index contributed by atoms with van der Waals surface area (Å²) in [6.45, 7) is 4.56. The van der Waals surface area contributed by atoms with Gasteiger partial charge in [-0.05, 0) is 42.8 Å². The molecule has 0 fully saturated rings. The monoisotopic (exact) mass is 294 g/mol. The van der Waals surface area contributed by atoms with Gasteiger partial charge in [0, 0.05) is 11.9 Å². The molecule has 0 aliphatic heterocycles. The van der Waals surface area contributed by atoms with Crippen molar-refractivity contribution in [2.24, 2.45) is 0 Å². The Morgan fingerprint density at radius 2 is 1.67 bits per heavy atom. The van der Waals surface area contributed by atoms with Crippen molar-refractivity contribution in [3.8, 4) is 0 Å². The number of rotatable bonds is 4. The molecular weight excluding hydrogens is 277 g/mol. The van der Waals surface area contributed by atoms with E-state index in [0.717, 1.165) is 29.0 Å². The second kappa shape index (κ2) is 6.26. The third kappa shape index (κ3) is 3.82. The van der Waals surface area contributed by atoms with Crippen molar-refractivity contribution in [2.75, 3.05) is 6.54 Å². The quantitative estimate of drug-likeness (QED) is 0.918. The van der Waals surface area contributed by atoms with E-state index < -0.39 is 11.7 Å². The summed E-state index contributed by atoms with van der Waals surface area (Å²) in [4.78, 5) is 4.24. The van der Waals surface area contributed by atoms with E-state index in [0.29, 0.717) is 6.54 Å². The largest absolute Gasteiger partial charge is 0.416 e. The van der Waals surface area contributed by atoms with Crippen LogP contribution in [0.5, 0.6) is 0 Å². The van der Waals surface area contributed by atoms with Crippen molar-refractivity contribution in [1.29, 1.82) is 0 Å². The molecule has 21 heavy (non-hydrogen) atoms. The fourth-order valence-electron chi connectivity index (χ4n) is 2.15. The topological polar surface area (TPSA) is 24.9 Å². The van der Waals surface area contributed by atoms with Crippen molar-refractivity contribution >= 4 is 0 Å². The first kappa shape index (κ1) is 15.5. The van der Waals surface area contributed by atoms with Gasteiger partial charge in [-0.25, -0.2) is 0 Å². The van der Waals surface area contributed by atoms with Gasteiger partial charge in [-0.15, -0.1) is 0 Å². The Balaban J connectivity index is 2.32. The van der Waals surface area contributed by atoms with E-state index in [2.05, 4.69) is 10.3 Å². The number of nitrogens with one attached hydrogen (secondary N) is 1. The molecule has 0 saturated heterocycles. The Bertz CT molecular complexity index is 574. The number of aryl methyl sites for hydroxylation is 1. The fourth-order valence-corrected chi connectivity index (χ4v) is 2.15. The molecule has 0 amide bonds. The first-order valence-corrected chi connectivity index (χ1v) is 6.75. The van der Waals surface area contributed by atoms with Crippen molar-refractivity contribution in [1.82, 2.24) is 10.3 Å². The van der Waals surface area contributed by atoms with E-state index in [1.165, 1.54) is 12.1 Å². The summed E-state index contributed by atoms with van der Waals surface area (Å²) in [6, 6.07) is 8.91. The molecule has 1 aromatic carbocycles. The van der Waals surface area contributed by atoms with Crippen LogP contribution in [0.15, 0.2) is 42.6 Å². The van der Waals surface area contributed by atoms with Gasteiger partial charge in [0.05, 0.1) is 11.6 Å². The van der Waals surface area contributed by atoms with Crippen molar-refractivity contribution in [3.63, 3.8) is 0 Å². The number of alkyl halides is 3. The first-order chi connectivity index (χ1) is 9.91. The van der Waals surface area contributed by atoms with Crippen LogP contribution in [0.2, 0.25) is 0 Å². The summed E-state index contributed by atoms with van der Waals surface area (Å²) >= 11 is 0. The summed E-state index contributed by atoms with van der Waals surface area (Å²) in [5.41, 5.74) is 1.99. The van der Waals surface area contributed by atoms with Crippen LogP contribution in [0.1, 0.15) is 35.3 Å². The van der Waals surface area contributed by atoms with Gasteiger partial charge in [0.25, 0.3) is 0 Å². The van der Waals surface area contributed by atoms with E-state index >= 15 is 0 Å². The minimum absolute atomic E-state index is 0.162. The van der Waals surface area contributed by atoms with Crippen LogP contribution in [-0.4, -0.2) is 11.5 Å². The van der Waals surface area contributed by atoms with Gasteiger partial charge in [0.1, 0.15) is 0 Å². The van der Waals surface area contributed by atoms with Crippen LogP contribution in [-0.2, 0) is 6.18 Å². The van der Waals surface area contributed by atoms with E-state index in [1.54, 1.807) is 6.20 Å². The van der Waals surface area contributed by atoms with Crippen molar-refractivity contribution < 1.29 is 13.2 Å². The molecule has 0 saturated carbocycles. The van der Waals surface area contributed by atoms with E-state index in [9.17, 15) is 13.2 Å². The minimum atomic E-state index is -4.31. The second-order valence-electron chi connectivity index (χ2n) is 4.84. The van der Waals surface area contributed by atoms with E-state index in [-0.39, 0.29) is 6.04 Å². The Kier molecular flexibility index (Phi) is 4.63. The summed E-state index contributed by atoms with van der Waals surface area (Å²) in [5.74, 6) is 0. The highest BCUT2D eigenvalue weighted by atomic mass is 19.4. The van der Waals surface area contributed by atoms with Crippen LogP contribution >= 0.6 is 0 Å². The summed E-state index contributed by atoms with van der Waals surface area (Å²) < 4.78 is 37.8. The lowest BCUT2D eigenvalue weighted by atomic mass is 9.98. The number of halogens is 3. The average Bonchev–Trinajstić information content (AvgIpc) is 2.45. The molecule has 1 N–H and O–H groups in total. The zero-order chi connectivity index (χ0) is 15.5. The maximum atomic E-state index is 12.6. The molecule has 0 aliphatic carbocycles. The SMILES string of the molecule is CCNC(c1ccc(C(F)(F)F)cc1)c1ccc(C)nc1. The zero-order valence-corrected chi connectivity index (χ0v) is 11.9. The predicted octanol–water partition coefficient (Wildman–Crippen LogP) is 4.11. The van der Waals surface area contributed by atoms with Crippen LogP contribution in [0, 0.1) is 6.92 Å². The molecule has 0 bridgehead atoms. The molecule has 2 rings (SSSR count). The molecule has 1 aromatic heterocycles. The highest BCUT2D eigenvalue weighted by Crippen LogP contribution is 2.31. The number of aromatic nitrogens is 1. The Hall–Kier alpha value is -1.88. The first-order valence-electron chi connectivity index (χ1n) is 6.75. The fraction of sp³-hybridized carbons (Fsp3) is 0.312. The number of hydrogen-bond acceptors (Lipinski definition) is 2. The third-order valence-corrected chi connectivity index (χ3v) is 3.25. The highest BCUT2D eigenvalue weighted by molar-refractivity contribution is 5.33. The van der Waals surface area contributed by atoms with E-state index in [4.69, 9.17) is 0 Å². The summed E-state index contributed by atoms with van der Waals surface area (Å²) in [7, 11) is 0. The second-order valence-corrected chi connectivity index (χ2v) is 4.84.